The molecule has 64 valence electrons. The second kappa shape index (κ2) is 2.87. The Kier molecular flexibility index (Phi) is 1.85. The van der Waals surface area contributed by atoms with Crippen molar-refractivity contribution in [3.05, 3.63) is 30.1 Å². The number of pyridine rings is 1. The van der Waals surface area contributed by atoms with E-state index in [4.69, 9.17) is 4.74 Å². The third-order valence-corrected chi connectivity index (χ3v) is 2.76. The van der Waals surface area contributed by atoms with Gasteiger partial charge in [0.1, 0.15) is 0 Å². The summed E-state index contributed by atoms with van der Waals surface area (Å²) in [7, 11) is 1.79. The number of hydrogen-bond acceptors (Lipinski definition) is 2. The predicted molar refractivity (Wildman–Crippen MR) is 46.8 cm³/mol. The van der Waals surface area contributed by atoms with Gasteiger partial charge in [-0.25, -0.2) is 0 Å². The molecule has 1 aliphatic carbocycles. The van der Waals surface area contributed by atoms with Gasteiger partial charge >= 0.3 is 0 Å². The maximum Gasteiger partial charge on any atom is 0.0928 e. The van der Waals surface area contributed by atoms with E-state index in [1.165, 1.54) is 12.0 Å². The summed E-state index contributed by atoms with van der Waals surface area (Å²) >= 11 is 0. The molecule has 0 saturated heterocycles. The van der Waals surface area contributed by atoms with Crippen LogP contribution in [-0.2, 0) is 10.3 Å². The van der Waals surface area contributed by atoms with Crippen LogP contribution in [0.3, 0.4) is 0 Å². The molecule has 2 heteroatoms. The van der Waals surface area contributed by atoms with Gasteiger partial charge in [-0.1, -0.05) is 0 Å². The van der Waals surface area contributed by atoms with Crippen molar-refractivity contribution in [1.29, 1.82) is 0 Å². The summed E-state index contributed by atoms with van der Waals surface area (Å²) in [4.78, 5) is 4.00. The van der Waals surface area contributed by atoms with Crippen LogP contribution in [0.15, 0.2) is 24.5 Å². The summed E-state index contributed by atoms with van der Waals surface area (Å²) in [5.41, 5.74) is 1.29. The van der Waals surface area contributed by atoms with Crippen LogP contribution < -0.4 is 0 Å². The number of hydrogen-bond donors (Lipinski definition) is 0. The average Bonchev–Trinajstić information content (AvgIpc) is 2.05. The fourth-order valence-corrected chi connectivity index (χ4v) is 1.76. The van der Waals surface area contributed by atoms with E-state index in [1.807, 2.05) is 24.5 Å². The van der Waals surface area contributed by atoms with Crippen molar-refractivity contribution in [1.82, 2.24) is 4.98 Å². The highest BCUT2D eigenvalue weighted by molar-refractivity contribution is 5.22. The van der Waals surface area contributed by atoms with E-state index in [-0.39, 0.29) is 5.60 Å². The smallest absolute Gasteiger partial charge is 0.0928 e. The SMILES string of the molecule is COC1(c2ccncc2)CCC1. The lowest BCUT2D eigenvalue weighted by molar-refractivity contribution is -0.0779. The summed E-state index contributed by atoms with van der Waals surface area (Å²) in [6.45, 7) is 0. The van der Waals surface area contributed by atoms with Gasteiger partial charge in [-0.3, -0.25) is 4.98 Å². The highest BCUT2D eigenvalue weighted by atomic mass is 16.5. The second-order valence-electron chi connectivity index (χ2n) is 3.29. The number of aromatic nitrogens is 1. The van der Waals surface area contributed by atoms with E-state index in [0.29, 0.717) is 0 Å². The minimum absolute atomic E-state index is 0.0168. The van der Waals surface area contributed by atoms with Crippen LogP contribution in [0.25, 0.3) is 0 Å². The van der Waals surface area contributed by atoms with Crippen LogP contribution >= 0.6 is 0 Å². The summed E-state index contributed by atoms with van der Waals surface area (Å²) in [5, 5.41) is 0. The molecule has 2 nitrogen and oxygen atoms in total. The topological polar surface area (TPSA) is 22.1 Å². The van der Waals surface area contributed by atoms with Crippen molar-refractivity contribution in [2.75, 3.05) is 7.11 Å². The van der Waals surface area contributed by atoms with Crippen molar-refractivity contribution >= 4 is 0 Å². The third-order valence-electron chi connectivity index (χ3n) is 2.76. The van der Waals surface area contributed by atoms with Gasteiger partial charge < -0.3 is 4.74 Å². The van der Waals surface area contributed by atoms with E-state index < -0.39 is 0 Å². The first-order valence-electron chi connectivity index (χ1n) is 4.33. The van der Waals surface area contributed by atoms with E-state index >= 15 is 0 Å². The summed E-state index contributed by atoms with van der Waals surface area (Å²) in [5.74, 6) is 0. The molecule has 0 unspecified atom stereocenters. The molecule has 1 aliphatic rings. The number of nitrogens with zero attached hydrogens (tertiary/aromatic N) is 1. The third kappa shape index (κ3) is 1.03. The van der Waals surface area contributed by atoms with Gasteiger partial charge in [0, 0.05) is 19.5 Å². The molecule has 1 fully saturated rings. The standard InChI is InChI=1S/C10H13NO/c1-12-10(5-2-6-10)9-3-7-11-8-4-9/h3-4,7-8H,2,5-6H2,1H3. The largest absolute Gasteiger partial charge is 0.374 e. The minimum Gasteiger partial charge on any atom is -0.374 e. The van der Waals surface area contributed by atoms with E-state index in [0.717, 1.165) is 12.8 Å². The molecule has 0 aliphatic heterocycles. The molecule has 0 aromatic carbocycles. The highest BCUT2D eigenvalue weighted by Crippen LogP contribution is 2.43. The van der Waals surface area contributed by atoms with E-state index in [9.17, 15) is 0 Å². The molecule has 1 saturated carbocycles. The fourth-order valence-electron chi connectivity index (χ4n) is 1.76. The molecule has 0 radical (unpaired) electrons. The van der Waals surface area contributed by atoms with Crippen LogP contribution in [0.2, 0.25) is 0 Å². The van der Waals surface area contributed by atoms with Crippen LogP contribution in [0.1, 0.15) is 24.8 Å². The van der Waals surface area contributed by atoms with Crippen molar-refractivity contribution in [3.63, 3.8) is 0 Å². The molecule has 0 spiro atoms. The first-order chi connectivity index (χ1) is 5.87. The Balaban J connectivity index is 2.28. The molecule has 0 bridgehead atoms. The molecule has 1 heterocycles. The normalized spacial score (nSPS) is 20.1. The van der Waals surface area contributed by atoms with Gasteiger partial charge in [0.05, 0.1) is 5.60 Å². The lowest BCUT2D eigenvalue weighted by Gasteiger charge is -2.40. The van der Waals surface area contributed by atoms with Crippen LogP contribution in [0.4, 0.5) is 0 Å². The van der Waals surface area contributed by atoms with Gasteiger partial charge in [-0.2, -0.15) is 0 Å². The molecule has 0 amide bonds. The average molecular weight is 163 g/mol. The van der Waals surface area contributed by atoms with Gasteiger partial charge in [-0.05, 0) is 37.0 Å². The molecule has 2 rings (SSSR count). The zero-order valence-corrected chi connectivity index (χ0v) is 7.29. The van der Waals surface area contributed by atoms with E-state index in [2.05, 4.69) is 4.98 Å². The van der Waals surface area contributed by atoms with Gasteiger partial charge in [-0.15, -0.1) is 0 Å². The lowest BCUT2D eigenvalue weighted by Crippen LogP contribution is -2.35. The van der Waals surface area contributed by atoms with Crippen molar-refractivity contribution in [3.8, 4) is 0 Å². The fraction of sp³-hybridized carbons (Fsp3) is 0.500. The summed E-state index contributed by atoms with van der Waals surface area (Å²) in [6, 6.07) is 4.09. The molecule has 12 heavy (non-hydrogen) atoms. The van der Waals surface area contributed by atoms with Crippen LogP contribution in [0, 0.1) is 0 Å². The number of ether oxygens (including phenoxy) is 1. The molecular formula is C10H13NO. The Morgan fingerprint density at radius 1 is 1.33 bits per heavy atom. The summed E-state index contributed by atoms with van der Waals surface area (Å²) in [6.07, 6.45) is 7.22. The Bertz CT molecular complexity index is 248. The molecule has 1 aromatic rings. The first kappa shape index (κ1) is 7.74. The zero-order chi connectivity index (χ0) is 8.44. The maximum absolute atomic E-state index is 5.53. The van der Waals surface area contributed by atoms with Gasteiger partial charge in [0.2, 0.25) is 0 Å². The number of rotatable bonds is 2. The monoisotopic (exact) mass is 163 g/mol. The molecule has 0 N–H and O–H groups in total. The Hall–Kier alpha value is -0.890. The van der Waals surface area contributed by atoms with Gasteiger partial charge in [0.25, 0.3) is 0 Å². The maximum atomic E-state index is 5.53. The number of methoxy groups -OCH3 is 1. The second-order valence-corrected chi connectivity index (χ2v) is 3.29. The van der Waals surface area contributed by atoms with Gasteiger partial charge in [0.15, 0.2) is 0 Å². The zero-order valence-electron chi connectivity index (χ0n) is 7.29. The summed E-state index contributed by atoms with van der Waals surface area (Å²) < 4.78 is 5.53. The lowest BCUT2D eigenvalue weighted by atomic mass is 9.75. The molecule has 1 aromatic heterocycles. The van der Waals surface area contributed by atoms with E-state index in [1.54, 1.807) is 7.11 Å². The minimum atomic E-state index is 0.0168. The van der Waals surface area contributed by atoms with Crippen molar-refractivity contribution in [2.24, 2.45) is 0 Å². The first-order valence-corrected chi connectivity index (χ1v) is 4.33. The van der Waals surface area contributed by atoms with Crippen molar-refractivity contribution < 1.29 is 4.74 Å². The Labute approximate surface area is 72.6 Å². The molecule has 0 atom stereocenters. The van der Waals surface area contributed by atoms with Crippen molar-refractivity contribution in [2.45, 2.75) is 24.9 Å². The Morgan fingerprint density at radius 2 is 2.00 bits per heavy atom. The molecular weight excluding hydrogens is 150 g/mol. The van der Waals surface area contributed by atoms with Crippen LogP contribution in [-0.4, -0.2) is 12.1 Å². The Morgan fingerprint density at radius 3 is 2.42 bits per heavy atom. The van der Waals surface area contributed by atoms with Crippen LogP contribution in [0.5, 0.6) is 0 Å². The quantitative estimate of drug-likeness (QED) is 0.666. The highest BCUT2D eigenvalue weighted by Gasteiger charge is 2.38. The predicted octanol–water partition coefficient (Wildman–Crippen LogP) is 2.11.